The third-order valence-corrected chi connectivity index (χ3v) is 2.97. The molecular formula is C13H19ClO2. The maximum Gasteiger partial charge on any atom is 0.0469 e. The van der Waals surface area contributed by atoms with E-state index >= 15 is 0 Å². The van der Waals surface area contributed by atoms with Crippen molar-refractivity contribution in [3.63, 3.8) is 0 Å². The lowest BCUT2D eigenvalue weighted by molar-refractivity contribution is 0.115. The number of aliphatic hydroxyl groups excluding tert-OH is 1. The molecule has 90 valence electrons. The summed E-state index contributed by atoms with van der Waals surface area (Å²) in [5.74, 6) is 0.228. The molecule has 0 heterocycles. The lowest BCUT2D eigenvalue weighted by Gasteiger charge is -2.14. The summed E-state index contributed by atoms with van der Waals surface area (Å²) >= 11 is 6.07. The van der Waals surface area contributed by atoms with E-state index in [0.29, 0.717) is 6.61 Å². The fourth-order valence-electron chi connectivity index (χ4n) is 1.63. The van der Waals surface area contributed by atoms with Crippen molar-refractivity contribution in [2.45, 2.75) is 19.8 Å². The molecule has 2 nitrogen and oxygen atoms in total. The molecule has 0 aliphatic heterocycles. The highest BCUT2D eigenvalue weighted by Gasteiger charge is 2.10. The Kier molecular flexibility index (Phi) is 6.46. The molecule has 0 spiro atoms. The highest BCUT2D eigenvalue weighted by molar-refractivity contribution is 6.31. The first kappa shape index (κ1) is 13.5. The van der Waals surface area contributed by atoms with Gasteiger partial charge in [-0.05, 0) is 37.3 Å². The maximum absolute atomic E-state index is 9.28. The average molecular weight is 243 g/mol. The molecule has 0 bridgehead atoms. The molecule has 1 aromatic carbocycles. The fourth-order valence-corrected chi connectivity index (χ4v) is 1.84. The molecule has 0 saturated heterocycles. The van der Waals surface area contributed by atoms with Gasteiger partial charge in [-0.1, -0.05) is 29.8 Å². The minimum atomic E-state index is 0.179. The highest BCUT2D eigenvalue weighted by atomic mass is 35.5. The van der Waals surface area contributed by atoms with Crippen LogP contribution in [0.3, 0.4) is 0 Å². The molecule has 1 rings (SSSR count). The molecule has 1 unspecified atom stereocenters. The van der Waals surface area contributed by atoms with E-state index < -0.39 is 0 Å². The Morgan fingerprint density at radius 3 is 2.75 bits per heavy atom. The van der Waals surface area contributed by atoms with Crippen LogP contribution in [-0.2, 0) is 11.2 Å². The molecule has 16 heavy (non-hydrogen) atoms. The molecule has 0 fully saturated rings. The van der Waals surface area contributed by atoms with Crippen LogP contribution in [0, 0.1) is 5.92 Å². The SMILES string of the molecule is CCOCCC(CO)Cc1ccccc1Cl. The van der Waals surface area contributed by atoms with Crippen molar-refractivity contribution < 1.29 is 9.84 Å². The largest absolute Gasteiger partial charge is 0.396 e. The van der Waals surface area contributed by atoms with E-state index in [1.54, 1.807) is 0 Å². The van der Waals surface area contributed by atoms with Gasteiger partial charge < -0.3 is 9.84 Å². The summed E-state index contributed by atoms with van der Waals surface area (Å²) in [7, 11) is 0. The van der Waals surface area contributed by atoms with Gasteiger partial charge in [0.25, 0.3) is 0 Å². The number of hydrogen-bond acceptors (Lipinski definition) is 2. The maximum atomic E-state index is 9.28. The topological polar surface area (TPSA) is 29.5 Å². The van der Waals surface area contributed by atoms with E-state index in [1.807, 2.05) is 31.2 Å². The Hall–Kier alpha value is -0.570. The highest BCUT2D eigenvalue weighted by Crippen LogP contribution is 2.20. The monoisotopic (exact) mass is 242 g/mol. The summed E-state index contributed by atoms with van der Waals surface area (Å²) in [6.07, 6.45) is 1.68. The van der Waals surface area contributed by atoms with Crippen LogP contribution in [0.15, 0.2) is 24.3 Å². The molecule has 1 aromatic rings. The van der Waals surface area contributed by atoms with Crippen LogP contribution >= 0.6 is 11.6 Å². The molecule has 1 N–H and O–H groups in total. The summed E-state index contributed by atoms with van der Waals surface area (Å²) in [4.78, 5) is 0. The van der Waals surface area contributed by atoms with Gasteiger partial charge in [-0.3, -0.25) is 0 Å². The van der Waals surface area contributed by atoms with Crippen LogP contribution in [0.5, 0.6) is 0 Å². The zero-order valence-corrected chi connectivity index (χ0v) is 10.4. The third-order valence-electron chi connectivity index (χ3n) is 2.60. The van der Waals surface area contributed by atoms with Crippen LogP contribution in [0.4, 0.5) is 0 Å². The lowest BCUT2D eigenvalue weighted by atomic mass is 9.97. The van der Waals surface area contributed by atoms with Gasteiger partial charge in [0.05, 0.1) is 0 Å². The van der Waals surface area contributed by atoms with E-state index in [9.17, 15) is 5.11 Å². The first-order valence-corrected chi connectivity index (χ1v) is 6.07. The number of benzene rings is 1. The molecule has 0 amide bonds. The summed E-state index contributed by atoms with van der Waals surface area (Å²) in [5.41, 5.74) is 1.10. The van der Waals surface area contributed by atoms with Gasteiger partial charge in [0.2, 0.25) is 0 Å². The van der Waals surface area contributed by atoms with Crippen molar-refractivity contribution in [2.75, 3.05) is 19.8 Å². The Morgan fingerprint density at radius 2 is 2.12 bits per heavy atom. The second-order valence-corrected chi connectivity index (χ2v) is 4.24. The van der Waals surface area contributed by atoms with Gasteiger partial charge in [0.15, 0.2) is 0 Å². The van der Waals surface area contributed by atoms with Gasteiger partial charge in [-0.2, -0.15) is 0 Å². The quantitative estimate of drug-likeness (QED) is 0.745. The van der Waals surface area contributed by atoms with Gasteiger partial charge >= 0.3 is 0 Å². The predicted molar refractivity (Wildman–Crippen MR) is 66.8 cm³/mol. The second kappa shape index (κ2) is 7.66. The number of rotatable bonds is 7. The minimum absolute atomic E-state index is 0.179. The van der Waals surface area contributed by atoms with Crippen molar-refractivity contribution in [3.05, 3.63) is 34.9 Å². The summed E-state index contributed by atoms with van der Waals surface area (Å²) in [6, 6.07) is 7.78. The van der Waals surface area contributed by atoms with Crippen LogP contribution in [-0.4, -0.2) is 24.9 Å². The standard InChI is InChI=1S/C13H19ClO2/c1-2-16-8-7-11(10-15)9-12-5-3-4-6-13(12)14/h3-6,11,15H,2,7-10H2,1H3. The molecule has 0 aliphatic rings. The molecule has 0 aliphatic carbocycles. The summed E-state index contributed by atoms with van der Waals surface area (Å²) in [6.45, 7) is 3.58. The number of hydrogen-bond donors (Lipinski definition) is 1. The molecule has 0 saturated carbocycles. The minimum Gasteiger partial charge on any atom is -0.396 e. The van der Waals surface area contributed by atoms with Crippen molar-refractivity contribution >= 4 is 11.6 Å². The molecule has 0 aromatic heterocycles. The number of halogens is 1. The smallest absolute Gasteiger partial charge is 0.0469 e. The normalized spacial score (nSPS) is 12.7. The molecule has 1 atom stereocenters. The zero-order valence-electron chi connectivity index (χ0n) is 9.66. The van der Waals surface area contributed by atoms with E-state index in [2.05, 4.69) is 0 Å². The van der Waals surface area contributed by atoms with Crippen molar-refractivity contribution in [1.82, 2.24) is 0 Å². The van der Waals surface area contributed by atoms with Crippen molar-refractivity contribution in [2.24, 2.45) is 5.92 Å². The first-order valence-electron chi connectivity index (χ1n) is 5.70. The van der Waals surface area contributed by atoms with Gasteiger partial charge in [-0.25, -0.2) is 0 Å². The number of ether oxygens (including phenoxy) is 1. The van der Waals surface area contributed by atoms with Crippen molar-refractivity contribution in [1.29, 1.82) is 0 Å². The van der Waals surface area contributed by atoms with Crippen molar-refractivity contribution in [3.8, 4) is 0 Å². The van der Waals surface area contributed by atoms with E-state index in [-0.39, 0.29) is 12.5 Å². The second-order valence-electron chi connectivity index (χ2n) is 3.83. The summed E-state index contributed by atoms with van der Waals surface area (Å²) in [5, 5.41) is 10.1. The van der Waals surface area contributed by atoms with E-state index in [4.69, 9.17) is 16.3 Å². The Labute approximate surface area is 102 Å². The molecule has 3 heteroatoms. The fraction of sp³-hybridized carbons (Fsp3) is 0.538. The van der Waals surface area contributed by atoms with Crippen LogP contribution in [0.25, 0.3) is 0 Å². The number of aliphatic hydroxyl groups is 1. The van der Waals surface area contributed by atoms with Gasteiger partial charge in [0.1, 0.15) is 0 Å². The molecule has 0 radical (unpaired) electrons. The average Bonchev–Trinajstić information content (AvgIpc) is 2.30. The Bertz CT molecular complexity index is 302. The predicted octanol–water partition coefficient (Wildman–Crippen LogP) is 2.92. The Balaban J connectivity index is 2.46. The third kappa shape index (κ3) is 4.52. The Morgan fingerprint density at radius 1 is 1.38 bits per heavy atom. The molecular weight excluding hydrogens is 224 g/mol. The summed E-state index contributed by atoms with van der Waals surface area (Å²) < 4.78 is 5.29. The van der Waals surface area contributed by atoms with Crippen LogP contribution in [0.2, 0.25) is 5.02 Å². The van der Waals surface area contributed by atoms with Gasteiger partial charge in [-0.15, -0.1) is 0 Å². The lowest BCUT2D eigenvalue weighted by Crippen LogP contribution is -2.13. The van der Waals surface area contributed by atoms with Crippen LogP contribution < -0.4 is 0 Å². The first-order chi connectivity index (χ1) is 7.77. The van der Waals surface area contributed by atoms with E-state index in [1.165, 1.54) is 0 Å². The van der Waals surface area contributed by atoms with E-state index in [0.717, 1.165) is 30.0 Å². The zero-order chi connectivity index (χ0) is 11.8. The van der Waals surface area contributed by atoms with Gasteiger partial charge in [0, 0.05) is 24.8 Å². The van der Waals surface area contributed by atoms with Crippen LogP contribution in [0.1, 0.15) is 18.9 Å².